The molecule has 18 aromatic carbocycles. The first kappa shape index (κ1) is 68.6. The van der Waals surface area contributed by atoms with Gasteiger partial charge in [-0.15, -0.1) is 11.3 Å². The van der Waals surface area contributed by atoms with Crippen LogP contribution < -0.4 is 0 Å². The molecule has 31 aromatic rings. The van der Waals surface area contributed by atoms with E-state index in [0.717, 1.165) is 99.7 Å². The first-order chi connectivity index (χ1) is 63.0. The molecule has 0 aliphatic heterocycles. The van der Waals surface area contributed by atoms with Gasteiger partial charge in [0.05, 0.1) is 99.3 Å². The van der Waals surface area contributed by atoms with Gasteiger partial charge in [0, 0.05) is 118 Å². The Labute approximate surface area is 724 Å². The Morgan fingerprint density at radius 3 is 1.02 bits per heavy atom. The second-order valence-electron chi connectivity index (χ2n) is 33.5. The number of hydrogen-bond acceptors (Lipinski definition) is 7. The number of thiophene rings is 1. The van der Waals surface area contributed by atoms with E-state index in [1.807, 2.05) is 47.7 Å². The molecule has 0 aliphatic carbocycles. The van der Waals surface area contributed by atoms with Gasteiger partial charge in [-0.1, -0.05) is 261 Å². The van der Waals surface area contributed by atoms with Gasteiger partial charge >= 0.3 is 0 Å². The summed E-state index contributed by atoms with van der Waals surface area (Å²) in [7, 11) is 0. The lowest BCUT2D eigenvalue weighted by atomic mass is 10.00. The smallest absolute Gasteiger partial charge is 0.165 e. The fraction of sp³-hybridized carbons (Fsp3) is 0. The van der Waals surface area contributed by atoms with Crippen molar-refractivity contribution >= 4 is 245 Å². The molecule has 0 unspecified atom stereocenters. The van der Waals surface area contributed by atoms with Crippen LogP contribution in [0.15, 0.2) is 388 Å². The summed E-state index contributed by atoms with van der Waals surface area (Å²) in [5.41, 5.74) is 33.5. The van der Waals surface area contributed by atoms with Crippen molar-refractivity contribution in [2.75, 3.05) is 0 Å². The average molecular weight is 1630 g/mol. The number of rotatable bonds is 5. The second kappa shape index (κ2) is 25.8. The molecule has 0 bridgehead atoms. The Kier molecular flexibility index (Phi) is 13.9. The molecule has 13 heterocycles. The molecular weight excluding hydrogens is 1570 g/mol. The molecule has 0 N–H and O–H groups in total. The van der Waals surface area contributed by atoms with Crippen molar-refractivity contribution < 1.29 is 0 Å². The maximum atomic E-state index is 5.35. The van der Waals surface area contributed by atoms with Crippen molar-refractivity contribution in [1.82, 2.24) is 56.8 Å². The van der Waals surface area contributed by atoms with Crippen LogP contribution in [0.1, 0.15) is 0 Å². The topological polar surface area (TPSA) is 105 Å². The zero-order valence-electron chi connectivity index (χ0n) is 67.7. The van der Waals surface area contributed by atoms with Crippen LogP contribution in [-0.2, 0) is 0 Å². The Morgan fingerprint density at radius 1 is 0.173 bits per heavy atom. The molecule has 0 radical (unpaired) electrons. The van der Waals surface area contributed by atoms with E-state index in [1.54, 1.807) is 0 Å². The summed E-state index contributed by atoms with van der Waals surface area (Å²) in [5, 5.41) is 20.9. The summed E-state index contributed by atoms with van der Waals surface area (Å²) >= 11 is 1.86. The average Bonchev–Trinajstić information content (AvgIpc) is 1.55. The van der Waals surface area contributed by atoms with E-state index >= 15 is 0 Å². The number of benzene rings is 18. The highest BCUT2D eigenvalue weighted by Gasteiger charge is 2.30. The monoisotopic (exact) mass is 1630 g/mol. The van der Waals surface area contributed by atoms with Crippen LogP contribution >= 0.6 is 11.3 Å². The molecule has 0 amide bonds. The van der Waals surface area contributed by atoms with Crippen molar-refractivity contribution in [3.05, 3.63) is 388 Å². The van der Waals surface area contributed by atoms with Crippen LogP contribution in [0.4, 0.5) is 0 Å². The summed E-state index contributed by atoms with van der Waals surface area (Å²) in [6.45, 7) is 0. The molecule has 0 fully saturated rings. The lowest BCUT2D eigenvalue weighted by Gasteiger charge is -2.08. The molecule has 586 valence electrons. The van der Waals surface area contributed by atoms with Crippen LogP contribution in [0.3, 0.4) is 0 Å². The van der Waals surface area contributed by atoms with E-state index in [9.17, 15) is 0 Å². The first-order valence-electron chi connectivity index (χ1n) is 43.1. The van der Waals surface area contributed by atoms with E-state index in [2.05, 4.69) is 379 Å². The second-order valence-corrected chi connectivity index (χ2v) is 34.6. The quantitative estimate of drug-likeness (QED) is 0.170. The van der Waals surface area contributed by atoms with Gasteiger partial charge in [0.2, 0.25) is 0 Å². The van der Waals surface area contributed by atoms with E-state index in [0.29, 0.717) is 0 Å². The molecular formula is C114H64N12S. The number of aromatic nitrogens is 12. The molecule has 0 aliphatic rings. The van der Waals surface area contributed by atoms with Gasteiger partial charge in [-0.05, 0) is 150 Å². The lowest BCUT2D eigenvalue weighted by Crippen LogP contribution is -1.93. The van der Waals surface area contributed by atoms with Gasteiger partial charge in [-0.3, -0.25) is 13.2 Å². The van der Waals surface area contributed by atoms with E-state index in [4.69, 9.17) is 29.9 Å². The lowest BCUT2D eigenvalue weighted by molar-refractivity contribution is 1.18. The molecule has 0 atom stereocenters. The Bertz CT molecular complexity index is 10100. The molecule has 127 heavy (non-hydrogen) atoms. The van der Waals surface area contributed by atoms with Crippen molar-refractivity contribution in [3.8, 4) is 39.3 Å². The summed E-state index contributed by atoms with van der Waals surface area (Å²) in [6.07, 6.45) is 0. The minimum atomic E-state index is 0.900. The minimum Gasteiger partial charge on any atom is -0.309 e. The Morgan fingerprint density at radius 2 is 0.520 bits per heavy atom. The van der Waals surface area contributed by atoms with Gasteiger partial charge < -0.3 is 13.7 Å². The summed E-state index contributed by atoms with van der Waals surface area (Å²) in [4.78, 5) is 31.4. The molecule has 0 saturated carbocycles. The van der Waals surface area contributed by atoms with Gasteiger partial charge in [0.1, 0.15) is 16.6 Å². The molecule has 13 aromatic heterocycles. The highest BCUT2D eigenvalue weighted by atomic mass is 32.1. The van der Waals surface area contributed by atoms with E-state index in [1.165, 1.54) is 173 Å². The number of hydrogen-bond donors (Lipinski definition) is 0. The normalized spacial score (nSPS) is 12.4. The molecule has 31 rings (SSSR count). The van der Waals surface area contributed by atoms with E-state index in [-0.39, 0.29) is 0 Å². The van der Waals surface area contributed by atoms with Gasteiger partial charge in [-0.2, -0.15) is 0 Å². The third-order valence-corrected chi connectivity index (χ3v) is 28.0. The summed E-state index contributed by atoms with van der Waals surface area (Å²) < 4.78 is 17.0. The van der Waals surface area contributed by atoms with Crippen LogP contribution in [0, 0.1) is 0 Å². The van der Waals surface area contributed by atoms with E-state index < -0.39 is 0 Å². The highest BCUT2D eigenvalue weighted by molar-refractivity contribution is 7.25. The zero-order valence-corrected chi connectivity index (χ0v) is 68.5. The zero-order chi connectivity index (χ0) is 82.5. The van der Waals surface area contributed by atoms with Gasteiger partial charge in [0.25, 0.3) is 0 Å². The maximum Gasteiger partial charge on any atom is 0.165 e. The van der Waals surface area contributed by atoms with Crippen LogP contribution in [0.5, 0.6) is 0 Å². The standard InChI is InChI=1S/C38H20N4S.2C38H22N4/c1-5-14-30-26(9-1)34-31(41(30)21-16-17-23-22-8-2-6-15-32(22)43-33(23)20-21)19-18-25-24-10-7-11-27-35-38(42(36(24)27)37(25)34)40-29-13-4-3-12-28(29)39-35;1-3-11-23(12-4-1)24-21-28-26-19-20-33-34(27-15-7-10-18-32(27)41(33)25-13-5-2-6-14-25)37(26)42-36(28)29(22-24)35-38(42)40-31-17-9-8-16-30(31)39-35;1-3-10-23(11-4-1)24-18-20-30-31(22-24)40-38-35(39-30)29-16-9-15-26-27-19-21-33-34(37(27)42(38)36(26)29)28-14-7-8-17-32(28)41(33)25-12-5-2-6-13-25/h1-20H;2*1-22H. The SMILES string of the molecule is c1ccc(-c2cc3c4ccc5c(c6ccccc6n5-c5ccccc5)c4n4c5nc6ccccc6nc5c(c2)c34)cc1.c1ccc(-c2ccc3nc4c5cccc6c7ccc8c(c9ccccc9n8-c8ccccc8)c7n(c4nc3c2)c65)cc1.c1ccc2nc3c(nc2c1)c1cccc2c4ccc5c(c6ccccc6n5-c5ccc6c(c5)sc5ccccc56)c4n3c21. The predicted molar refractivity (Wildman–Crippen MR) is 529 cm³/mol. The fourth-order valence-corrected chi connectivity index (χ4v) is 22.7. The van der Waals surface area contributed by atoms with Crippen LogP contribution in [0.25, 0.3) is 273 Å². The van der Waals surface area contributed by atoms with Crippen molar-refractivity contribution in [1.29, 1.82) is 0 Å². The Balaban J connectivity index is 0.0000000946. The molecule has 13 heteroatoms. The van der Waals surface area contributed by atoms with Crippen LogP contribution in [0.2, 0.25) is 0 Å². The summed E-state index contributed by atoms with van der Waals surface area (Å²) in [6, 6.07) is 139. The molecule has 0 spiro atoms. The number of nitrogens with zero attached hydrogens (tertiary/aromatic N) is 12. The molecule has 12 nitrogen and oxygen atoms in total. The number of fused-ring (bicyclic) bond motifs is 36. The predicted octanol–water partition coefficient (Wildman–Crippen LogP) is 29.3. The van der Waals surface area contributed by atoms with Crippen LogP contribution in [-0.4, -0.2) is 56.8 Å². The van der Waals surface area contributed by atoms with Crippen molar-refractivity contribution in [2.45, 2.75) is 0 Å². The number of para-hydroxylation sites is 11. The first-order valence-corrected chi connectivity index (χ1v) is 43.9. The maximum absolute atomic E-state index is 5.35. The van der Waals surface area contributed by atoms with Crippen molar-refractivity contribution in [2.24, 2.45) is 0 Å². The van der Waals surface area contributed by atoms with Gasteiger partial charge in [0.15, 0.2) is 16.9 Å². The third-order valence-electron chi connectivity index (χ3n) is 26.8. The third kappa shape index (κ3) is 9.52. The molecule has 0 saturated heterocycles. The van der Waals surface area contributed by atoms with Crippen molar-refractivity contribution in [3.63, 3.8) is 0 Å². The highest BCUT2D eigenvalue weighted by Crippen LogP contribution is 2.51. The summed E-state index contributed by atoms with van der Waals surface area (Å²) in [5.74, 6) is 0. The Hall–Kier alpha value is -17.0. The minimum absolute atomic E-state index is 0.900. The van der Waals surface area contributed by atoms with Gasteiger partial charge in [-0.25, -0.2) is 29.9 Å². The largest absolute Gasteiger partial charge is 0.309 e. The fourth-order valence-electron chi connectivity index (χ4n) is 21.6.